The lowest BCUT2D eigenvalue weighted by atomic mass is 10.2. The van der Waals surface area contributed by atoms with Gasteiger partial charge in [0.1, 0.15) is 15.5 Å². The molecule has 0 N–H and O–H groups in total. The Balaban J connectivity index is 2.87. The minimum atomic E-state index is -4.78. The van der Waals surface area contributed by atoms with Gasteiger partial charge in [-0.05, 0) is 5.56 Å². The highest BCUT2D eigenvalue weighted by Crippen LogP contribution is 2.34. The van der Waals surface area contributed by atoms with E-state index in [0.29, 0.717) is 0 Å². The molecule has 0 bridgehead atoms. The summed E-state index contributed by atoms with van der Waals surface area (Å²) < 4.78 is 45.3. The van der Waals surface area contributed by atoms with Gasteiger partial charge in [0.2, 0.25) is 0 Å². The van der Waals surface area contributed by atoms with Crippen LogP contribution in [0.25, 0.3) is 0 Å². The number of rotatable bonds is 2. The summed E-state index contributed by atoms with van der Waals surface area (Å²) in [7, 11) is -3.07. The molecule has 0 saturated carbocycles. The summed E-state index contributed by atoms with van der Waals surface area (Å²) in [5, 5.41) is 0. The fourth-order valence-corrected chi connectivity index (χ4v) is 1.93. The molecular weight excluding hydrogens is 237 g/mol. The highest BCUT2D eigenvalue weighted by Gasteiger charge is 2.41. The zero-order chi connectivity index (χ0) is 10.8. The molecule has 0 heterocycles. The molecule has 1 aromatic carbocycles. The van der Waals surface area contributed by atoms with Crippen LogP contribution in [-0.2, 0) is 10.8 Å². The summed E-state index contributed by atoms with van der Waals surface area (Å²) >= 11 is 5.42. The van der Waals surface area contributed by atoms with Gasteiger partial charge in [0, 0.05) is 0 Å². The van der Waals surface area contributed by atoms with Gasteiger partial charge >= 0.3 is 5.51 Å². The van der Waals surface area contributed by atoms with E-state index in [1.165, 1.54) is 24.3 Å². The maximum Gasteiger partial charge on any atom is 0.473 e. The van der Waals surface area contributed by atoms with E-state index in [1.807, 2.05) is 0 Å². The molecule has 0 saturated heterocycles. The van der Waals surface area contributed by atoms with Crippen LogP contribution in [-0.4, -0.2) is 9.72 Å². The van der Waals surface area contributed by atoms with Crippen molar-refractivity contribution in [3.05, 3.63) is 35.9 Å². The van der Waals surface area contributed by atoms with Gasteiger partial charge in [0.15, 0.2) is 0 Å². The van der Waals surface area contributed by atoms with Crippen LogP contribution in [0.4, 0.5) is 13.2 Å². The molecule has 2 unspecified atom stereocenters. The van der Waals surface area contributed by atoms with Crippen LogP contribution in [0.5, 0.6) is 0 Å². The summed E-state index contributed by atoms with van der Waals surface area (Å²) in [5.41, 5.74) is -4.58. The first-order chi connectivity index (χ1) is 6.43. The topological polar surface area (TPSA) is 17.1 Å². The smallest absolute Gasteiger partial charge is 0.249 e. The molecule has 0 aromatic heterocycles. The number of halogens is 4. The van der Waals surface area contributed by atoms with E-state index in [4.69, 9.17) is 11.6 Å². The summed E-state index contributed by atoms with van der Waals surface area (Å²) in [5.74, 6) is 0. The first-order valence-corrected chi connectivity index (χ1v) is 5.24. The fraction of sp³-hybridized carbons (Fsp3) is 0.250. The Bertz CT molecular complexity index is 325. The minimum absolute atomic E-state index is 0.199. The Kier molecular flexibility index (Phi) is 3.55. The second-order valence-corrected chi connectivity index (χ2v) is 4.69. The number of benzene rings is 1. The van der Waals surface area contributed by atoms with E-state index >= 15 is 0 Å². The van der Waals surface area contributed by atoms with Crippen molar-refractivity contribution in [2.24, 2.45) is 0 Å². The Hall–Kier alpha value is -0.550. The van der Waals surface area contributed by atoms with E-state index in [0.717, 1.165) is 0 Å². The van der Waals surface area contributed by atoms with E-state index in [1.54, 1.807) is 6.07 Å². The number of hydrogen-bond acceptors (Lipinski definition) is 1. The Morgan fingerprint density at radius 2 is 1.71 bits per heavy atom. The van der Waals surface area contributed by atoms with Crippen LogP contribution in [0, 0.1) is 0 Å². The van der Waals surface area contributed by atoms with E-state index in [9.17, 15) is 17.4 Å². The molecule has 0 radical (unpaired) electrons. The van der Waals surface area contributed by atoms with Crippen molar-refractivity contribution in [1.82, 2.24) is 0 Å². The SMILES string of the molecule is O=S(C(Cl)c1ccccc1)C(F)(F)F. The normalized spacial score (nSPS) is 16.3. The lowest BCUT2D eigenvalue weighted by molar-refractivity contribution is -0.0387. The van der Waals surface area contributed by atoms with Gasteiger partial charge in [0.05, 0.1) is 0 Å². The van der Waals surface area contributed by atoms with Gasteiger partial charge in [-0.3, -0.25) is 0 Å². The van der Waals surface area contributed by atoms with E-state index < -0.39 is 21.0 Å². The summed E-state index contributed by atoms with van der Waals surface area (Å²) in [6, 6.07) is 7.53. The van der Waals surface area contributed by atoms with E-state index in [2.05, 4.69) is 0 Å². The van der Waals surface area contributed by atoms with Gasteiger partial charge in [-0.15, -0.1) is 11.6 Å². The van der Waals surface area contributed by atoms with Crippen molar-refractivity contribution in [1.29, 1.82) is 0 Å². The maximum atomic E-state index is 12.0. The monoisotopic (exact) mass is 242 g/mol. The van der Waals surface area contributed by atoms with Crippen LogP contribution in [0.15, 0.2) is 30.3 Å². The van der Waals surface area contributed by atoms with Gasteiger partial charge in [0.25, 0.3) is 0 Å². The largest absolute Gasteiger partial charge is 0.473 e. The highest BCUT2D eigenvalue weighted by molar-refractivity contribution is 7.87. The Labute approximate surface area is 86.3 Å². The van der Waals surface area contributed by atoms with Crippen molar-refractivity contribution in [2.75, 3.05) is 0 Å². The highest BCUT2D eigenvalue weighted by atomic mass is 35.5. The molecule has 0 spiro atoms. The van der Waals surface area contributed by atoms with Crippen LogP contribution >= 0.6 is 11.6 Å². The molecule has 0 amide bonds. The molecule has 0 aliphatic heterocycles. The zero-order valence-corrected chi connectivity index (χ0v) is 8.36. The predicted octanol–water partition coefficient (Wildman–Crippen LogP) is 3.19. The fourth-order valence-electron chi connectivity index (χ4n) is 0.845. The van der Waals surface area contributed by atoms with Crippen molar-refractivity contribution in [3.8, 4) is 0 Å². The molecule has 0 aliphatic carbocycles. The molecular formula is C8H6ClF3OS. The quantitative estimate of drug-likeness (QED) is 0.728. The standard InChI is InChI=1S/C8H6ClF3OS/c9-7(14(13)8(10,11)12)6-4-2-1-3-5-6/h1-5,7H. The molecule has 0 aliphatic rings. The van der Waals surface area contributed by atoms with Crippen molar-refractivity contribution in [3.63, 3.8) is 0 Å². The summed E-state index contributed by atoms with van der Waals surface area (Å²) in [6.07, 6.45) is 0. The first-order valence-electron chi connectivity index (χ1n) is 3.59. The third kappa shape index (κ3) is 2.72. The van der Waals surface area contributed by atoms with Gasteiger partial charge < -0.3 is 0 Å². The summed E-state index contributed by atoms with van der Waals surface area (Å²) in [4.78, 5) is 0. The van der Waals surface area contributed by atoms with E-state index in [-0.39, 0.29) is 5.56 Å². The molecule has 1 aromatic rings. The Morgan fingerprint density at radius 3 is 2.14 bits per heavy atom. The number of hydrogen-bond donors (Lipinski definition) is 0. The average molecular weight is 243 g/mol. The van der Waals surface area contributed by atoms with Crippen molar-refractivity contribution < 1.29 is 17.4 Å². The Morgan fingerprint density at radius 1 is 1.21 bits per heavy atom. The second kappa shape index (κ2) is 4.31. The minimum Gasteiger partial charge on any atom is -0.249 e. The molecule has 0 fully saturated rings. The van der Waals surface area contributed by atoms with Gasteiger partial charge in [-0.25, -0.2) is 4.21 Å². The van der Waals surface area contributed by atoms with Gasteiger partial charge in [-0.2, -0.15) is 13.2 Å². The van der Waals surface area contributed by atoms with Crippen LogP contribution in [0.1, 0.15) is 10.3 Å². The van der Waals surface area contributed by atoms with Crippen LogP contribution in [0.3, 0.4) is 0 Å². The van der Waals surface area contributed by atoms with Crippen LogP contribution in [0.2, 0.25) is 0 Å². The molecule has 1 rings (SSSR count). The zero-order valence-electron chi connectivity index (χ0n) is 6.79. The predicted molar refractivity (Wildman–Crippen MR) is 49.2 cm³/mol. The lowest BCUT2D eigenvalue weighted by Gasteiger charge is -2.11. The average Bonchev–Trinajstić information content (AvgIpc) is 2.15. The lowest BCUT2D eigenvalue weighted by Crippen LogP contribution is -2.19. The number of alkyl halides is 4. The molecule has 1 nitrogen and oxygen atoms in total. The third-order valence-corrected chi connectivity index (χ3v) is 3.32. The van der Waals surface area contributed by atoms with Gasteiger partial charge in [-0.1, -0.05) is 30.3 Å². The first kappa shape index (κ1) is 11.5. The maximum absolute atomic E-state index is 12.0. The molecule has 2 atom stereocenters. The third-order valence-electron chi connectivity index (χ3n) is 1.48. The van der Waals surface area contributed by atoms with Crippen LogP contribution < -0.4 is 0 Å². The second-order valence-electron chi connectivity index (χ2n) is 2.47. The molecule has 14 heavy (non-hydrogen) atoms. The van der Waals surface area contributed by atoms with Crippen molar-refractivity contribution >= 4 is 22.4 Å². The molecule has 78 valence electrons. The van der Waals surface area contributed by atoms with Crippen molar-refractivity contribution in [2.45, 2.75) is 10.2 Å². The summed E-state index contributed by atoms with van der Waals surface area (Å²) in [6.45, 7) is 0. The molecule has 6 heteroatoms.